The molecule has 0 unspecified atom stereocenters. The smallest absolute Gasteiger partial charge is 0.307 e. The van der Waals surface area contributed by atoms with Crippen LogP contribution in [0, 0.1) is 6.92 Å². The van der Waals surface area contributed by atoms with E-state index in [-0.39, 0.29) is 23.6 Å². The van der Waals surface area contributed by atoms with E-state index in [1.165, 1.54) is 31.2 Å². The summed E-state index contributed by atoms with van der Waals surface area (Å²) in [6.07, 6.45) is -1.15. The molecule has 6 nitrogen and oxygen atoms in total. The molecule has 144 valence electrons. The largest absolute Gasteiger partial charge is 0.454 e. The summed E-state index contributed by atoms with van der Waals surface area (Å²) in [4.78, 5) is 24.2. The fourth-order valence-electron chi connectivity index (χ4n) is 2.25. The zero-order valence-corrected chi connectivity index (χ0v) is 16.5. The number of esters is 1. The molecule has 2 aromatic rings. The molecule has 0 saturated heterocycles. The Morgan fingerprint density at radius 3 is 2.26 bits per heavy atom. The van der Waals surface area contributed by atoms with Crippen molar-refractivity contribution >= 4 is 33.4 Å². The number of aryl methyl sites for hydroxylation is 1. The standard InChI is InChI=1S/C19H20ClNO5S/c1-13-3-5-15(6-4-13)19(23)14(2)26-18(22)11-12-21-27(24,25)17-9-7-16(20)8-10-17/h3-10,14,21H,11-12H2,1-2H3/t14-/m0/s1. The lowest BCUT2D eigenvalue weighted by atomic mass is 10.1. The first-order valence-corrected chi connectivity index (χ1v) is 10.1. The number of ketones is 1. The zero-order chi connectivity index (χ0) is 20.0. The summed E-state index contributed by atoms with van der Waals surface area (Å²) in [5.41, 5.74) is 1.47. The van der Waals surface area contributed by atoms with Gasteiger partial charge in [-0.05, 0) is 38.1 Å². The van der Waals surface area contributed by atoms with Crippen molar-refractivity contribution < 1.29 is 22.7 Å². The maximum Gasteiger partial charge on any atom is 0.307 e. The Kier molecular flexibility index (Phi) is 7.12. The second-order valence-electron chi connectivity index (χ2n) is 5.96. The molecule has 0 heterocycles. The highest BCUT2D eigenvalue weighted by atomic mass is 35.5. The number of hydrogen-bond donors (Lipinski definition) is 1. The number of halogens is 1. The molecular formula is C19H20ClNO5S. The van der Waals surface area contributed by atoms with Gasteiger partial charge in [-0.2, -0.15) is 0 Å². The molecule has 27 heavy (non-hydrogen) atoms. The fourth-order valence-corrected chi connectivity index (χ4v) is 3.40. The molecule has 0 spiro atoms. The van der Waals surface area contributed by atoms with Crippen molar-refractivity contribution in [2.45, 2.75) is 31.3 Å². The van der Waals surface area contributed by atoms with Crippen LogP contribution in [0.4, 0.5) is 0 Å². The second-order valence-corrected chi connectivity index (χ2v) is 8.17. The number of sulfonamides is 1. The van der Waals surface area contributed by atoms with Gasteiger partial charge in [0.1, 0.15) is 0 Å². The van der Waals surface area contributed by atoms with E-state index >= 15 is 0 Å². The van der Waals surface area contributed by atoms with E-state index < -0.39 is 22.1 Å². The van der Waals surface area contributed by atoms with Crippen LogP contribution in [-0.2, 0) is 19.6 Å². The molecule has 0 amide bonds. The van der Waals surface area contributed by atoms with Gasteiger partial charge in [0.05, 0.1) is 11.3 Å². The molecule has 0 aliphatic carbocycles. The van der Waals surface area contributed by atoms with Crippen molar-refractivity contribution in [2.75, 3.05) is 6.54 Å². The molecule has 0 saturated carbocycles. The average Bonchev–Trinajstić information content (AvgIpc) is 2.62. The van der Waals surface area contributed by atoms with Gasteiger partial charge in [0.25, 0.3) is 0 Å². The van der Waals surface area contributed by atoms with Crippen LogP contribution >= 0.6 is 11.6 Å². The highest BCUT2D eigenvalue weighted by Gasteiger charge is 2.20. The van der Waals surface area contributed by atoms with E-state index in [0.29, 0.717) is 10.6 Å². The molecular weight excluding hydrogens is 390 g/mol. The van der Waals surface area contributed by atoms with Gasteiger partial charge in [0.2, 0.25) is 15.8 Å². The monoisotopic (exact) mass is 409 g/mol. The third kappa shape index (κ3) is 6.16. The predicted molar refractivity (Wildman–Crippen MR) is 102 cm³/mol. The van der Waals surface area contributed by atoms with Gasteiger partial charge in [0.15, 0.2) is 6.10 Å². The summed E-state index contributed by atoms with van der Waals surface area (Å²) in [6.45, 7) is 3.25. The van der Waals surface area contributed by atoms with E-state index in [1.54, 1.807) is 24.3 Å². The number of ether oxygens (including phenoxy) is 1. The van der Waals surface area contributed by atoms with E-state index in [0.717, 1.165) is 5.56 Å². The molecule has 0 aliphatic rings. The Balaban J connectivity index is 1.84. The van der Waals surface area contributed by atoms with Crippen LogP contribution in [0.25, 0.3) is 0 Å². The minimum absolute atomic E-state index is 0.0446. The van der Waals surface area contributed by atoms with Crippen molar-refractivity contribution in [1.82, 2.24) is 4.72 Å². The van der Waals surface area contributed by atoms with Gasteiger partial charge >= 0.3 is 5.97 Å². The minimum Gasteiger partial charge on any atom is -0.454 e. The third-order valence-corrected chi connectivity index (χ3v) is 5.49. The van der Waals surface area contributed by atoms with Gasteiger partial charge in [-0.1, -0.05) is 41.4 Å². The van der Waals surface area contributed by atoms with Gasteiger partial charge < -0.3 is 4.74 Å². The molecule has 0 bridgehead atoms. The fraction of sp³-hybridized carbons (Fsp3) is 0.263. The minimum atomic E-state index is -3.75. The highest BCUT2D eigenvalue weighted by Crippen LogP contribution is 2.14. The number of Topliss-reactive ketones (excluding diaryl/α,β-unsaturated/α-hetero) is 1. The first-order valence-electron chi connectivity index (χ1n) is 8.24. The van der Waals surface area contributed by atoms with Gasteiger partial charge in [-0.3, -0.25) is 9.59 Å². The summed E-state index contributed by atoms with van der Waals surface area (Å²) >= 11 is 5.73. The Morgan fingerprint density at radius 1 is 1.07 bits per heavy atom. The van der Waals surface area contributed by atoms with Crippen LogP contribution in [0.1, 0.15) is 29.3 Å². The van der Waals surface area contributed by atoms with Gasteiger partial charge in [0, 0.05) is 17.1 Å². The second kappa shape index (κ2) is 9.12. The Bertz CT molecular complexity index is 908. The molecule has 0 radical (unpaired) electrons. The molecule has 0 aliphatic heterocycles. The first kappa shape index (κ1) is 21.1. The van der Waals surface area contributed by atoms with Crippen molar-refractivity contribution in [1.29, 1.82) is 0 Å². The predicted octanol–water partition coefficient (Wildman–Crippen LogP) is 3.13. The van der Waals surface area contributed by atoms with Crippen molar-refractivity contribution in [2.24, 2.45) is 0 Å². The molecule has 1 N–H and O–H groups in total. The van der Waals surface area contributed by atoms with Crippen LogP contribution in [-0.4, -0.2) is 32.8 Å². The van der Waals surface area contributed by atoms with Crippen LogP contribution in [0.5, 0.6) is 0 Å². The molecule has 1 atom stereocenters. The van der Waals surface area contributed by atoms with E-state index in [9.17, 15) is 18.0 Å². The maximum atomic E-state index is 12.2. The van der Waals surface area contributed by atoms with Crippen LogP contribution < -0.4 is 4.72 Å². The topological polar surface area (TPSA) is 89.5 Å². The third-order valence-electron chi connectivity index (χ3n) is 3.76. The maximum absolute atomic E-state index is 12.2. The van der Waals surface area contributed by atoms with Crippen molar-refractivity contribution in [3.63, 3.8) is 0 Å². The Hall–Kier alpha value is -2.22. The van der Waals surface area contributed by atoms with E-state index in [2.05, 4.69) is 4.72 Å². The normalized spacial score (nSPS) is 12.4. The van der Waals surface area contributed by atoms with E-state index in [1.807, 2.05) is 6.92 Å². The Morgan fingerprint density at radius 2 is 1.67 bits per heavy atom. The van der Waals surface area contributed by atoms with Crippen molar-refractivity contribution in [3.8, 4) is 0 Å². The molecule has 0 aromatic heterocycles. The Labute approximate surface area is 163 Å². The van der Waals surface area contributed by atoms with Gasteiger partial charge in [-0.15, -0.1) is 0 Å². The number of nitrogens with one attached hydrogen (secondary N) is 1. The SMILES string of the molecule is Cc1ccc(C(=O)[C@H](C)OC(=O)CCNS(=O)(=O)c2ccc(Cl)cc2)cc1. The number of carbonyl (C=O) groups excluding carboxylic acids is 2. The molecule has 2 aromatic carbocycles. The molecule has 2 rings (SSSR count). The average molecular weight is 410 g/mol. The van der Waals surface area contributed by atoms with Crippen LogP contribution in [0.2, 0.25) is 5.02 Å². The zero-order valence-electron chi connectivity index (χ0n) is 14.9. The number of benzene rings is 2. The molecule has 8 heteroatoms. The lowest BCUT2D eigenvalue weighted by Crippen LogP contribution is -2.29. The highest BCUT2D eigenvalue weighted by molar-refractivity contribution is 7.89. The van der Waals surface area contributed by atoms with E-state index in [4.69, 9.17) is 16.3 Å². The van der Waals surface area contributed by atoms with Crippen molar-refractivity contribution in [3.05, 3.63) is 64.7 Å². The summed E-state index contributed by atoms with van der Waals surface area (Å²) in [5.74, 6) is -0.980. The molecule has 0 fully saturated rings. The summed E-state index contributed by atoms with van der Waals surface area (Å²) < 4.78 is 31.6. The van der Waals surface area contributed by atoms with Crippen LogP contribution in [0.15, 0.2) is 53.4 Å². The summed E-state index contributed by atoms with van der Waals surface area (Å²) in [5, 5.41) is 0.421. The van der Waals surface area contributed by atoms with Gasteiger partial charge in [-0.25, -0.2) is 13.1 Å². The number of carbonyl (C=O) groups is 2. The van der Waals surface area contributed by atoms with Crippen LogP contribution in [0.3, 0.4) is 0 Å². The first-order chi connectivity index (χ1) is 12.7. The summed E-state index contributed by atoms with van der Waals surface area (Å²) in [7, 11) is -3.75. The lowest BCUT2D eigenvalue weighted by Gasteiger charge is -2.13. The number of hydrogen-bond acceptors (Lipinski definition) is 5. The summed E-state index contributed by atoms with van der Waals surface area (Å²) in [6, 6.07) is 12.6. The quantitative estimate of drug-likeness (QED) is 0.534. The lowest BCUT2D eigenvalue weighted by molar-refractivity contribution is -0.146. The number of rotatable bonds is 8.